The first kappa shape index (κ1) is 14.9. The third kappa shape index (κ3) is 3.67. The molecule has 0 aromatic carbocycles. The van der Waals surface area contributed by atoms with Crippen LogP contribution < -0.4 is 5.73 Å². The Bertz CT molecular complexity index is 220. The van der Waals surface area contributed by atoms with Crippen LogP contribution in [0.2, 0.25) is 0 Å². The van der Waals surface area contributed by atoms with E-state index < -0.39 is 0 Å². The van der Waals surface area contributed by atoms with Gasteiger partial charge in [0.2, 0.25) is 0 Å². The van der Waals surface area contributed by atoms with Gasteiger partial charge in [0.25, 0.3) is 0 Å². The molecule has 0 aromatic rings. The van der Waals surface area contributed by atoms with Crippen LogP contribution in [0.25, 0.3) is 0 Å². The molecule has 1 saturated carbocycles. The minimum atomic E-state index is 0.307. The largest absolute Gasteiger partial charge is 0.329 e. The molecule has 2 N–H and O–H groups in total. The van der Waals surface area contributed by atoms with Gasteiger partial charge in [0.15, 0.2) is 0 Å². The Morgan fingerprint density at radius 3 is 2.18 bits per heavy atom. The van der Waals surface area contributed by atoms with E-state index in [4.69, 9.17) is 5.73 Å². The standard InChI is InChI=1S/C14H31N3/c1-12(2)13-9-14(10-13,11-15)17(5)8-6-7-16(3)4/h12-13H,6-11,15H2,1-5H3. The molecule has 0 aromatic heterocycles. The molecule has 0 radical (unpaired) electrons. The first-order valence-electron chi connectivity index (χ1n) is 6.97. The minimum Gasteiger partial charge on any atom is -0.329 e. The third-order valence-electron chi connectivity index (χ3n) is 4.52. The lowest BCUT2D eigenvalue weighted by molar-refractivity contribution is -0.0206. The molecule has 0 aliphatic heterocycles. The summed E-state index contributed by atoms with van der Waals surface area (Å²) in [4.78, 5) is 4.76. The highest BCUT2D eigenvalue weighted by Gasteiger charge is 2.46. The van der Waals surface area contributed by atoms with E-state index in [9.17, 15) is 0 Å². The molecular weight excluding hydrogens is 210 g/mol. The van der Waals surface area contributed by atoms with Crippen molar-refractivity contribution in [2.75, 3.05) is 40.8 Å². The van der Waals surface area contributed by atoms with Crippen molar-refractivity contribution in [3.63, 3.8) is 0 Å². The van der Waals surface area contributed by atoms with Gasteiger partial charge >= 0.3 is 0 Å². The average molecular weight is 241 g/mol. The normalized spacial score (nSPS) is 29.1. The molecule has 0 bridgehead atoms. The van der Waals surface area contributed by atoms with Crippen molar-refractivity contribution in [1.29, 1.82) is 0 Å². The summed E-state index contributed by atoms with van der Waals surface area (Å²) in [6, 6.07) is 0. The van der Waals surface area contributed by atoms with Gasteiger partial charge in [0.1, 0.15) is 0 Å². The molecule has 102 valence electrons. The topological polar surface area (TPSA) is 32.5 Å². The molecular formula is C14H31N3. The number of nitrogens with zero attached hydrogens (tertiary/aromatic N) is 2. The van der Waals surface area contributed by atoms with Crippen molar-refractivity contribution in [3.05, 3.63) is 0 Å². The highest BCUT2D eigenvalue weighted by atomic mass is 15.2. The van der Waals surface area contributed by atoms with Gasteiger partial charge in [-0.2, -0.15) is 0 Å². The van der Waals surface area contributed by atoms with Crippen LogP contribution in [0.3, 0.4) is 0 Å². The summed E-state index contributed by atoms with van der Waals surface area (Å²) in [5, 5.41) is 0. The summed E-state index contributed by atoms with van der Waals surface area (Å²) >= 11 is 0. The Morgan fingerprint density at radius 1 is 1.18 bits per heavy atom. The van der Waals surface area contributed by atoms with Crippen molar-refractivity contribution in [3.8, 4) is 0 Å². The van der Waals surface area contributed by atoms with Gasteiger partial charge in [-0.05, 0) is 65.3 Å². The quantitative estimate of drug-likeness (QED) is 0.735. The number of rotatable bonds is 7. The zero-order chi connectivity index (χ0) is 13.1. The Morgan fingerprint density at radius 2 is 1.76 bits per heavy atom. The van der Waals surface area contributed by atoms with Gasteiger partial charge in [-0.25, -0.2) is 0 Å². The molecule has 1 aliphatic rings. The maximum Gasteiger partial charge on any atom is 0.0334 e. The van der Waals surface area contributed by atoms with Crippen molar-refractivity contribution >= 4 is 0 Å². The van der Waals surface area contributed by atoms with Gasteiger partial charge in [-0.3, -0.25) is 4.90 Å². The van der Waals surface area contributed by atoms with E-state index in [0.29, 0.717) is 5.54 Å². The Labute approximate surface area is 107 Å². The van der Waals surface area contributed by atoms with Gasteiger partial charge in [0, 0.05) is 12.1 Å². The van der Waals surface area contributed by atoms with E-state index in [2.05, 4.69) is 44.8 Å². The zero-order valence-corrected chi connectivity index (χ0v) is 12.4. The van der Waals surface area contributed by atoms with Crippen LogP contribution in [0, 0.1) is 11.8 Å². The lowest BCUT2D eigenvalue weighted by Gasteiger charge is -2.54. The zero-order valence-electron chi connectivity index (χ0n) is 12.4. The van der Waals surface area contributed by atoms with Crippen LogP contribution >= 0.6 is 0 Å². The van der Waals surface area contributed by atoms with E-state index in [1.807, 2.05) is 0 Å². The number of hydrogen-bond donors (Lipinski definition) is 1. The summed E-state index contributed by atoms with van der Waals surface area (Å²) in [6.45, 7) is 7.81. The van der Waals surface area contributed by atoms with Crippen LogP contribution in [-0.4, -0.2) is 56.1 Å². The third-order valence-corrected chi connectivity index (χ3v) is 4.52. The minimum absolute atomic E-state index is 0.307. The fraction of sp³-hybridized carbons (Fsp3) is 1.00. The fourth-order valence-corrected chi connectivity index (χ4v) is 2.88. The predicted molar refractivity (Wildman–Crippen MR) is 75.1 cm³/mol. The number of hydrogen-bond acceptors (Lipinski definition) is 3. The molecule has 1 aliphatic carbocycles. The summed E-state index contributed by atoms with van der Waals surface area (Å²) < 4.78 is 0. The molecule has 3 nitrogen and oxygen atoms in total. The molecule has 17 heavy (non-hydrogen) atoms. The highest BCUT2D eigenvalue weighted by molar-refractivity contribution is 5.03. The van der Waals surface area contributed by atoms with Gasteiger partial charge < -0.3 is 10.6 Å². The summed E-state index contributed by atoms with van der Waals surface area (Å²) in [5.41, 5.74) is 6.32. The van der Waals surface area contributed by atoms with Crippen molar-refractivity contribution in [1.82, 2.24) is 9.80 Å². The van der Waals surface area contributed by atoms with Crippen molar-refractivity contribution < 1.29 is 0 Å². The van der Waals surface area contributed by atoms with Crippen molar-refractivity contribution in [2.24, 2.45) is 17.6 Å². The molecule has 0 atom stereocenters. The monoisotopic (exact) mass is 241 g/mol. The predicted octanol–water partition coefficient (Wildman–Crippen LogP) is 1.63. The summed E-state index contributed by atoms with van der Waals surface area (Å²) in [7, 11) is 6.52. The molecule has 0 amide bonds. The SMILES string of the molecule is CC(C)C1CC(CN)(N(C)CCCN(C)C)C1. The Kier molecular flexibility index (Phi) is 5.42. The molecule has 0 heterocycles. The Balaban J connectivity index is 2.36. The van der Waals surface area contributed by atoms with E-state index in [0.717, 1.165) is 18.4 Å². The van der Waals surface area contributed by atoms with Gasteiger partial charge in [-0.15, -0.1) is 0 Å². The molecule has 1 rings (SSSR count). The first-order valence-corrected chi connectivity index (χ1v) is 6.97. The van der Waals surface area contributed by atoms with Crippen LogP contribution in [0.1, 0.15) is 33.1 Å². The second kappa shape index (κ2) is 6.17. The highest BCUT2D eigenvalue weighted by Crippen LogP contribution is 2.44. The fourth-order valence-electron chi connectivity index (χ4n) is 2.88. The summed E-state index contributed by atoms with van der Waals surface area (Å²) in [5.74, 6) is 1.69. The van der Waals surface area contributed by atoms with Crippen LogP contribution in [-0.2, 0) is 0 Å². The van der Waals surface area contributed by atoms with Gasteiger partial charge in [0.05, 0.1) is 0 Å². The van der Waals surface area contributed by atoms with Crippen LogP contribution in [0.15, 0.2) is 0 Å². The maximum absolute atomic E-state index is 6.01. The lowest BCUT2D eigenvalue weighted by Crippen LogP contribution is -2.61. The molecule has 0 spiro atoms. The lowest BCUT2D eigenvalue weighted by atomic mass is 9.63. The van der Waals surface area contributed by atoms with Crippen LogP contribution in [0.5, 0.6) is 0 Å². The van der Waals surface area contributed by atoms with E-state index in [1.54, 1.807) is 0 Å². The first-order chi connectivity index (χ1) is 7.91. The maximum atomic E-state index is 6.01. The Hall–Kier alpha value is -0.120. The second-order valence-corrected chi connectivity index (χ2v) is 6.42. The van der Waals surface area contributed by atoms with E-state index in [-0.39, 0.29) is 0 Å². The van der Waals surface area contributed by atoms with Gasteiger partial charge in [-0.1, -0.05) is 13.8 Å². The van der Waals surface area contributed by atoms with Crippen LogP contribution in [0.4, 0.5) is 0 Å². The molecule has 0 unspecified atom stereocenters. The smallest absolute Gasteiger partial charge is 0.0334 e. The molecule has 0 saturated heterocycles. The van der Waals surface area contributed by atoms with Crippen molar-refractivity contribution in [2.45, 2.75) is 38.6 Å². The second-order valence-electron chi connectivity index (χ2n) is 6.42. The summed E-state index contributed by atoms with van der Waals surface area (Å²) in [6.07, 6.45) is 3.82. The molecule has 3 heteroatoms. The van der Waals surface area contributed by atoms with E-state index in [1.165, 1.54) is 32.4 Å². The number of likely N-dealkylation sites (N-methyl/N-ethyl adjacent to an activating group) is 1. The molecule has 1 fully saturated rings. The average Bonchev–Trinajstić information content (AvgIpc) is 2.15. The number of nitrogens with two attached hydrogens (primary N) is 1. The van der Waals surface area contributed by atoms with E-state index >= 15 is 0 Å².